The number of hydrogen-bond donors (Lipinski definition) is 5. The molecule has 17 heavy (non-hydrogen) atoms. The molecule has 0 bridgehead atoms. The Morgan fingerprint density at radius 3 is 1.47 bits per heavy atom. The van der Waals surface area contributed by atoms with Crippen molar-refractivity contribution in [2.75, 3.05) is 0 Å². The van der Waals surface area contributed by atoms with Crippen LogP contribution in [0.25, 0.3) is 0 Å². The highest BCUT2D eigenvalue weighted by Crippen LogP contribution is 2.32. The second-order valence-electron chi connectivity index (χ2n) is 2.93. The predicted octanol–water partition coefficient (Wildman–Crippen LogP) is 0.739. The number of aliphatic carboxylic acids is 2. The third kappa shape index (κ3) is 6.61. The van der Waals surface area contributed by atoms with Gasteiger partial charge in [-0.25, -0.2) is 0 Å². The summed E-state index contributed by atoms with van der Waals surface area (Å²) in [5.74, 6) is -3.25. The molecule has 0 fully saturated rings. The maximum atomic E-state index is 9.64. The van der Waals surface area contributed by atoms with E-state index in [1.807, 2.05) is 0 Å². The van der Waals surface area contributed by atoms with Crippen molar-refractivity contribution in [2.45, 2.75) is 12.8 Å². The van der Waals surface area contributed by atoms with Crippen molar-refractivity contribution in [1.82, 2.24) is 0 Å². The van der Waals surface area contributed by atoms with Gasteiger partial charge in [-0.2, -0.15) is 0 Å². The fraction of sp³-hybridized carbons (Fsp3) is 0.200. The van der Waals surface area contributed by atoms with Gasteiger partial charge >= 0.3 is 11.9 Å². The molecular weight excluding hydrogens is 232 g/mol. The third-order valence-electron chi connectivity index (χ3n) is 1.55. The first-order chi connectivity index (χ1) is 7.84. The number of para-hydroxylation sites is 1. The minimum absolute atomic E-state index is 0.296. The number of hydrogen-bond acceptors (Lipinski definition) is 5. The summed E-state index contributed by atoms with van der Waals surface area (Å²) in [5, 5.41) is 41.9. The lowest BCUT2D eigenvalue weighted by atomic mass is 10.3. The zero-order valence-electron chi connectivity index (χ0n) is 8.70. The molecule has 7 heteroatoms. The molecule has 0 aliphatic carbocycles. The van der Waals surface area contributed by atoms with Crippen molar-refractivity contribution in [3.8, 4) is 17.2 Å². The van der Waals surface area contributed by atoms with Gasteiger partial charge in [0.15, 0.2) is 17.2 Å². The number of carbonyl (C=O) groups is 2. The molecule has 0 aromatic heterocycles. The molecule has 0 saturated heterocycles. The molecule has 0 unspecified atom stereocenters. The summed E-state index contributed by atoms with van der Waals surface area (Å²) in [6.45, 7) is 0. The molecule has 0 amide bonds. The predicted molar refractivity (Wildman–Crippen MR) is 55.9 cm³/mol. The minimum atomic E-state index is -1.08. The van der Waals surface area contributed by atoms with E-state index in [9.17, 15) is 9.59 Å². The van der Waals surface area contributed by atoms with Crippen LogP contribution in [0.4, 0.5) is 0 Å². The lowest BCUT2D eigenvalue weighted by molar-refractivity contribution is -0.143. The van der Waals surface area contributed by atoms with Gasteiger partial charge in [0.25, 0.3) is 0 Å². The molecule has 7 nitrogen and oxygen atoms in total. The van der Waals surface area contributed by atoms with E-state index < -0.39 is 17.7 Å². The second-order valence-corrected chi connectivity index (χ2v) is 2.93. The van der Waals surface area contributed by atoms with Crippen LogP contribution in [0.2, 0.25) is 0 Å². The number of benzene rings is 1. The summed E-state index contributed by atoms with van der Waals surface area (Å²) in [5.41, 5.74) is 0. The van der Waals surface area contributed by atoms with E-state index in [4.69, 9.17) is 25.5 Å². The maximum Gasteiger partial charge on any atom is 0.303 e. The lowest BCUT2D eigenvalue weighted by Crippen LogP contribution is -2.00. The molecule has 0 saturated carbocycles. The Bertz CT molecular complexity index is 365. The molecule has 1 aromatic rings. The number of phenolic OH excluding ortho intramolecular Hbond substituents is 3. The van der Waals surface area contributed by atoms with Crippen molar-refractivity contribution < 1.29 is 35.1 Å². The smallest absolute Gasteiger partial charge is 0.303 e. The molecule has 1 rings (SSSR count). The van der Waals surface area contributed by atoms with Gasteiger partial charge in [0.2, 0.25) is 0 Å². The molecule has 0 radical (unpaired) electrons. The highest BCUT2D eigenvalue weighted by Gasteiger charge is 2.01. The van der Waals surface area contributed by atoms with Gasteiger partial charge in [0.1, 0.15) is 0 Å². The van der Waals surface area contributed by atoms with Gasteiger partial charge in [0, 0.05) is 0 Å². The highest BCUT2D eigenvalue weighted by atomic mass is 16.4. The molecule has 0 heterocycles. The zero-order valence-corrected chi connectivity index (χ0v) is 8.70. The quantitative estimate of drug-likeness (QED) is 0.494. The van der Waals surface area contributed by atoms with Crippen LogP contribution in [0.15, 0.2) is 18.2 Å². The van der Waals surface area contributed by atoms with Crippen LogP contribution in [-0.2, 0) is 9.59 Å². The summed E-state index contributed by atoms with van der Waals surface area (Å²) in [6.07, 6.45) is -0.593. The Kier molecular flexibility index (Phi) is 5.94. The van der Waals surface area contributed by atoms with Gasteiger partial charge in [0.05, 0.1) is 12.8 Å². The Morgan fingerprint density at radius 2 is 1.24 bits per heavy atom. The molecule has 0 aliphatic heterocycles. The second kappa shape index (κ2) is 6.94. The van der Waals surface area contributed by atoms with Crippen molar-refractivity contribution in [2.24, 2.45) is 0 Å². The third-order valence-corrected chi connectivity index (χ3v) is 1.55. The van der Waals surface area contributed by atoms with Crippen molar-refractivity contribution in [3.63, 3.8) is 0 Å². The molecule has 1 aromatic carbocycles. The first kappa shape index (κ1) is 14.6. The largest absolute Gasteiger partial charge is 0.504 e. The highest BCUT2D eigenvalue weighted by molar-refractivity contribution is 5.75. The summed E-state index contributed by atoms with van der Waals surface area (Å²) < 4.78 is 0. The van der Waals surface area contributed by atoms with Gasteiger partial charge < -0.3 is 25.5 Å². The van der Waals surface area contributed by atoms with Crippen LogP contribution in [0.3, 0.4) is 0 Å². The number of rotatable bonds is 3. The SMILES string of the molecule is O=C(O)CCC(=O)O.Oc1cccc(O)c1O. The van der Waals surface area contributed by atoms with Gasteiger partial charge in [-0.15, -0.1) is 0 Å². The molecular formula is C10H12O7. The number of carboxylic acid groups (broad SMARTS) is 2. The standard InChI is InChI=1S/C6H6O3.C4H6O4/c7-4-2-1-3-5(8)6(4)9;5-3(6)1-2-4(7)8/h1-3,7-9H;1-2H2,(H,5,6)(H,7,8). The van der Waals surface area contributed by atoms with Crippen molar-refractivity contribution >= 4 is 11.9 Å². The fourth-order valence-electron chi connectivity index (χ4n) is 0.733. The van der Waals surface area contributed by atoms with E-state index in [0.717, 1.165) is 0 Å². The summed E-state index contributed by atoms with van der Waals surface area (Å²) in [4.78, 5) is 19.3. The van der Waals surface area contributed by atoms with Crippen LogP contribution in [-0.4, -0.2) is 37.5 Å². The molecule has 0 atom stereocenters. The lowest BCUT2D eigenvalue weighted by Gasteiger charge is -1.96. The first-order valence-corrected chi connectivity index (χ1v) is 4.48. The van der Waals surface area contributed by atoms with E-state index >= 15 is 0 Å². The van der Waals surface area contributed by atoms with Crippen LogP contribution in [0.5, 0.6) is 17.2 Å². The summed E-state index contributed by atoms with van der Waals surface area (Å²) in [7, 11) is 0. The van der Waals surface area contributed by atoms with Gasteiger partial charge in [-0.3, -0.25) is 9.59 Å². The average molecular weight is 244 g/mol. The molecule has 0 spiro atoms. The van der Waals surface area contributed by atoms with Crippen LogP contribution in [0, 0.1) is 0 Å². The number of aromatic hydroxyl groups is 3. The minimum Gasteiger partial charge on any atom is -0.504 e. The Hall–Kier alpha value is -2.44. The van der Waals surface area contributed by atoms with E-state index in [1.54, 1.807) is 0 Å². The van der Waals surface area contributed by atoms with Gasteiger partial charge in [-0.1, -0.05) is 6.07 Å². The Balaban J connectivity index is 0.000000304. The normalized spacial score (nSPS) is 8.94. The topological polar surface area (TPSA) is 135 Å². The van der Waals surface area contributed by atoms with E-state index in [2.05, 4.69) is 0 Å². The van der Waals surface area contributed by atoms with E-state index in [-0.39, 0.29) is 24.3 Å². The zero-order chi connectivity index (χ0) is 13.4. The van der Waals surface area contributed by atoms with Crippen LogP contribution < -0.4 is 0 Å². The van der Waals surface area contributed by atoms with Crippen LogP contribution in [0.1, 0.15) is 12.8 Å². The Morgan fingerprint density at radius 1 is 0.882 bits per heavy atom. The first-order valence-electron chi connectivity index (χ1n) is 4.48. The van der Waals surface area contributed by atoms with Crippen molar-refractivity contribution in [3.05, 3.63) is 18.2 Å². The number of phenols is 3. The van der Waals surface area contributed by atoms with E-state index in [0.29, 0.717) is 0 Å². The maximum absolute atomic E-state index is 9.64. The van der Waals surface area contributed by atoms with Crippen molar-refractivity contribution in [1.29, 1.82) is 0 Å². The fourth-order valence-corrected chi connectivity index (χ4v) is 0.733. The summed E-state index contributed by atoms with van der Waals surface area (Å²) >= 11 is 0. The van der Waals surface area contributed by atoms with Gasteiger partial charge in [-0.05, 0) is 12.1 Å². The molecule has 5 N–H and O–H groups in total. The average Bonchev–Trinajstić information content (AvgIpc) is 2.24. The molecule has 0 aliphatic rings. The molecule has 94 valence electrons. The Labute approximate surface area is 96.2 Å². The van der Waals surface area contributed by atoms with E-state index in [1.165, 1.54) is 18.2 Å². The monoisotopic (exact) mass is 244 g/mol. The van der Waals surface area contributed by atoms with Crippen LogP contribution >= 0.6 is 0 Å². The number of carboxylic acids is 2. The summed E-state index contributed by atoms with van der Waals surface area (Å²) in [6, 6.07) is 4.01.